The Morgan fingerprint density at radius 3 is 2.70 bits per heavy atom. The topological polar surface area (TPSA) is 94.2 Å². The van der Waals surface area contributed by atoms with E-state index in [1.807, 2.05) is 30.7 Å². The SMILES string of the molecule is Cc1nc(C)n(CCCNC(=O)Nc2ccc(OCc3ccco3)cc2)n1. The second kappa shape index (κ2) is 8.88. The van der Waals surface area contributed by atoms with Gasteiger partial charge in [-0.1, -0.05) is 0 Å². The largest absolute Gasteiger partial charge is 0.486 e. The average Bonchev–Trinajstić information content (AvgIpc) is 3.27. The molecule has 0 radical (unpaired) electrons. The minimum atomic E-state index is -0.245. The summed E-state index contributed by atoms with van der Waals surface area (Å²) in [5.41, 5.74) is 0.695. The molecule has 0 saturated carbocycles. The Labute approximate surface area is 157 Å². The van der Waals surface area contributed by atoms with E-state index < -0.39 is 0 Å². The third-order valence-electron chi connectivity index (χ3n) is 3.87. The molecule has 142 valence electrons. The Balaban J connectivity index is 1.36. The summed E-state index contributed by atoms with van der Waals surface area (Å²) in [4.78, 5) is 16.2. The van der Waals surface area contributed by atoms with Crippen LogP contribution in [-0.2, 0) is 13.2 Å². The van der Waals surface area contributed by atoms with Crippen LogP contribution < -0.4 is 15.4 Å². The Bertz CT molecular complexity index is 856. The van der Waals surface area contributed by atoms with Crippen molar-refractivity contribution in [1.82, 2.24) is 20.1 Å². The fraction of sp³-hybridized carbons (Fsp3) is 0.316. The molecule has 0 unspecified atom stereocenters. The number of aryl methyl sites for hydroxylation is 3. The van der Waals surface area contributed by atoms with Gasteiger partial charge in [-0.05, 0) is 56.7 Å². The number of urea groups is 1. The van der Waals surface area contributed by atoms with Crippen molar-refractivity contribution in [1.29, 1.82) is 0 Å². The zero-order valence-corrected chi connectivity index (χ0v) is 15.4. The summed E-state index contributed by atoms with van der Waals surface area (Å²) in [5.74, 6) is 3.10. The standard InChI is InChI=1S/C19H23N5O3/c1-14-21-15(2)24(23-14)11-4-10-20-19(25)22-16-6-8-17(9-7-16)27-13-18-5-3-12-26-18/h3,5-9,12H,4,10-11,13H2,1-2H3,(H2,20,22,25). The summed E-state index contributed by atoms with van der Waals surface area (Å²) >= 11 is 0. The van der Waals surface area contributed by atoms with Gasteiger partial charge in [0.2, 0.25) is 0 Å². The van der Waals surface area contributed by atoms with Gasteiger partial charge >= 0.3 is 6.03 Å². The summed E-state index contributed by atoms with van der Waals surface area (Å²) in [7, 11) is 0. The molecular formula is C19H23N5O3. The lowest BCUT2D eigenvalue weighted by Gasteiger charge is -2.09. The Kier molecular flexibility index (Phi) is 6.09. The van der Waals surface area contributed by atoms with E-state index in [-0.39, 0.29) is 6.03 Å². The van der Waals surface area contributed by atoms with Crippen LogP contribution in [0, 0.1) is 13.8 Å². The highest BCUT2D eigenvalue weighted by Crippen LogP contribution is 2.17. The number of rotatable bonds is 8. The smallest absolute Gasteiger partial charge is 0.319 e. The van der Waals surface area contributed by atoms with Gasteiger partial charge in [-0.2, -0.15) is 5.10 Å². The van der Waals surface area contributed by atoms with Crippen LogP contribution in [0.25, 0.3) is 0 Å². The number of ether oxygens (including phenoxy) is 1. The molecule has 0 fully saturated rings. The number of anilines is 1. The Morgan fingerprint density at radius 1 is 1.22 bits per heavy atom. The van der Waals surface area contributed by atoms with E-state index in [2.05, 4.69) is 20.7 Å². The van der Waals surface area contributed by atoms with E-state index in [9.17, 15) is 4.79 Å². The number of amides is 2. The molecule has 0 aliphatic rings. The molecule has 8 nitrogen and oxygen atoms in total. The van der Waals surface area contributed by atoms with Gasteiger partial charge in [0, 0.05) is 18.8 Å². The van der Waals surface area contributed by atoms with Gasteiger partial charge in [-0.15, -0.1) is 0 Å². The number of nitrogens with one attached hydrogen (secondary N) is 2. The maximum atomic E-state index is 12.0. The van der Waals surface area contributed by atoms with Crippen molar-refractivity contribution < 1.29 is 13.9 Å². The van der Waals surface area contributed by atoms with E-state index >= 15 is 0 Å². The Hall–Kier alpha value is -3.29. The molecule has 2 amide bonds. The third kappa shape index (κ3) is 5.60. The van der Waals surface area contributed by atoms with Gasteiger partial charge in [0.25, 0.3) is 0 Å². The Morgan fingerprint density at radius 2 is 2.04 bits per heavy atom. The number of carbonyl (C=O) groups excluding carboxylic acids is 1. The van der Waals surface area contributed by atoms with Crippen LogP contribution in [0.4, 0.5) is 10.5 Å². The lowest BCUT2D eigenvalue weighted by atomic mass is 10.3. The quantitative estimate of drug-likeness (QED) is 0.594. The van der Waals surface area contributed by atoms with Crippen molar-refractivity contribution in [3.8, 4) is 5.75 Å². The third-order valence-corrected chi connectivity index (χ3v) is 3.87. The minimum Gasteiger partial charge on any atom is -0.486 e. The summed E-state index contributed by atoms with van der Waals surface area (Å²) in [6, 6.07) is 10.6. The molecule has 0 aliphatic heterocycles. The highest BCUT2D eigenvalue weighted by atomic mass is 16.5. The van der Waals surface area contributed by atoms with Gasteiger partial charge in [-0.25, -0.2) is 9.78 Å². The normalized spacial score (nSPS) is 10.6. The van der Waals surface area contributed by atoms with Crippen molar-refractivity contribution in [3.05, 3.63) is 60.1 Å². The van der Waals surface area contributed by atoms with Crippen molar-refractivity contribution >= 4 is 11.7 Å². The second-order valence-corrected chi connectivity index (χ2v) is 6.06. The molecule has 3 rings (SSSR count). The average molecular weight is 369 g/mol. The molecule has 0 atom stereocenters. The van der Waals surface area contributed by atoms with E-state index in [0.717, 1.165) is 23.8 Å². The first-order valence-electron chi connectivity index (χ1n) is 8.78. The fourth-order valence-corrected chi connectivity index (χ4v) is 2.56. The monoisotopic (exact) mass is 369 g/mol. The molecule has 0 aliphatic carbocycles. The molecule has 0 saturated heterocycles. The molecule has 2 heterocycles. The number of nitrogens with zero attached hydrogens (tertiary/aromatic N) is 3. The van der Waals surface area contributed by atoms with Gasteiger partial charge in [-0.3, -0.25) is 4.68 Å². The minimum absolute atomic E-state index is 0.245. The number of benzene rings is 1. The van der Waals surface area contributed by atoms with Gasteiger partial charge < -0.3 is 19.8 Å². The van der Waals surface area contributed by atoms with Gasteiger partial charge in [0.1, 0.15) is 29.8 Å². The summed E-state index contributed by atoms with van der Waals surface area (Å²) < 4.78 is 12.7. The van der Waals surface area contributed by atoms with Gasteiger partial charge in [0.15, 0.2) is 0 Å². The molecule has 2 N–H and O–H groups in total. The number of hydrogen-bond acceptors (Lipinski definition) is 5. The van der Waals surface area contributed by atoms with E-state index in [0.29, 0.717) is 31.1 Å². The fourth-order valence-electron chi connectivity index (χ4n) is 2.56. The highest BCUT2D eigenvalue weighted by Gasteiger charge is 2.04. The van der Waals surface area contributed by atoms with Crippen molar-refractivity contribution in [3.63, 3.8) is 0 Å². The first-order valence-corrected chi connectivity index (χ1v) is 8.78. The van der Waals surface area contributed by atoms with Crippen LogP contribution in [0.3, 0.4) is 0 Å². The molecule has 3 aromatic rings. The molecule has 27 heavy (non-hydrogen) atoms. The molecule has 2 aromatic heterocycles. The summed E-state index contributed by atoms with van der Waals surface area (Å²) in [6.07, 6.45) is 2.38. The number of aromatic nitrogens is 3. The predicted molar refractivity (Wildman–Crippen MR) is 101 cm³/mol. The zero-order chi connectivity index (χ0) is 19.1. The predicted octanol–water partition coefficient (Wildman–Crippen LogP) is 3.28. The summed E-state index contributed by atoms with van der Waals surface area (Å²) in [6.45, 7) is 5.42. The lowest BCUT2D eigenvalue weighted by Crippen LogP contribution is -2.30. The highest BCUT2D eigenvalue weighted by molar-refractivity contribution is 5.89. The molecule has 1 aromatic carbocycles. The van der Waals surface area contributed by atoms with Gasteiger partial charge in [0.05, 0.1) is 6.26 Å². The van der Waals surface area contributed by atoms with Crippen LogP contribution in [0.15, 0.2) is 47.1 Å². The van der Waals surface area contributed by atoms with Crippen LogP contribution in [0.2, 0.25) is 0 Å². The van der Waals surface area contributed by atoms with Crippen LogP contribution in [0.1, 0.15) is 23.8 Å². The van der Waals surface area contributed by atoms with Crippen molar-refractivity contribution in [2.75, 3.05) is 11.9 Å². The van der Waals surface area contributed by atoms with Crippen molar-refractivity contribution in [2.45, 2.75) is 33.4 Å². The van der Waals surface area contributed by atoms with E-state index in [1.54, 1.807) is 30.5 Å². The van der Waals surface area contributed by atoms with Crippen LogP contribution in [0.5, 0.6) is 5.75 Å². The molecular weight excluding hydrogens is 346 g/mol. The van der Waals surface area contributed by atoms with Crippen LogP contribution in [-0.4, -0.2) is 27.3 Å². The number of carbonyl (C=O) groups is 1. The summed E-state index contributed by atoms with van der Waals surface area (Å²) in [5, 5.41) is 9.92. The number of furan rings is 1. The van der Waals surface area contributed by atoms with E-state index in [1.165, 1.54) is 0 Å². The van der Waals surface area contributed by atoms with Crippen LogP contribution >= 0.6 is 0 Å². The second-order valence-electron chi connectivity index (χ2n) is 6.06. The van der Waals surface area contributed by atoms with Crippen molar-refractivity contribution in [2.24, 2.45) is 0 Å². The maximum absolute atomic E-state index is 12.0. The maximum Gasteiger partial charge on any atom is 0.319 e. The first kappa shape index (κ1) is 18.5. The molecule has 0 spiro atoms. The first-order chi connectivity index (χ1) is 13.1. The lowest BCUT2D eigenvalue weighted by molar-refractivity contribution is 0.251. The van der Waals surface area contributed by atoms with E-state index in [4.69, 9.17) is 9.15 Å². The molecule has 8 heteroatoms. The zero-order valence-electron chi connectivity index (χ0n) is 15.4. The number of hydrogen-bond donors (Lipinski definition) is 2. The molecule has 0 bridgehead atoms.